The van der Waals surface area contributed by atoms with Crippen molar-refractivity contribution < 1.29 is 0 Å². The van der Waals surface area contributed by atoms with E-state index in [9.17, 15) is 0 Å². The molecule has 5 nitrogen and oxygen atoms in total. The highest BCUT2D eigenvalue weighted by molar-refractivity contribution is 5.00. The van der Waals surface area contributed by atoms with Crippen LogP contribution < -0.4 is 5.32 Å². The van der Waals surface area contributed by atoms with Crippen LogP contribution in [0.3, 0.4) is 0 Å². The second kappa shape index (κ2) is 7.09. The molecule has 2 rings (SSSR count). The van der Waals surface area contributed by atoms with Crippen molar-refractivity contribution in [2.24, 2.45) is 0 Å². The predicted molar refractivity (Wildman–Crippen MR) is 76.2 cm³/mol. The Morgan fingerprint density at radius 1 is 0.895 bits per heavy atom. The molecule has 0 aliphatic rings. The van der Waals surface area contributed by atoms with E-state index in [0.717, 1.165) is 61.8 Å². The summed E-state index contributed by atoms with van der Waals surface area (Å²) < 4.78 is 0. The highest BCUT2D eigenvalue weighted by Gasteiger charge is 1.98. The van der Waals surface area contributed by atoms with Gasteiger partial charge in [0, 0.05) is 12.4 Å². The van der Waals surface area contributed by atoms with Crippen molar-refractivity contribution in [3.8, 4) is 0 Å². The Labute approximate surface area is 114 Å². The fourth-order valence-electron chi connectivity index (χ4n) is 2.11. The molecule has 3 N–H and O–H groups in total. The largest absolute Gasteiger partial charge is 0.349 e. The Hall–Kier alpha value is -1.62. The van der Waals surface area contributed by atoms with Crippen LogP contribution >= 0.6 is 0 Å². The molecule has 0 saturated carbocycles. The second-order valence-electron chi connectivity index (χ2n) is 4.91. The topological polar surface area (TPSA) is 69.4 Å². The van der Waals surface area contributed by atoms with Gasteiger partial charge in [0.2, 0.25) is 0 Å². The summed E-state index contributed by atoms with van der Waals surface area (Å²) >= 11 is 0. The van der Waals surface area contributed by atoms with Gasteiger partial charge in [-0.2, -0.15) is 0 Å². The van der Waals surface area contributed by atoms with E-state index >= 15 is 0 Å². The molecule has 0 spiro atoms. The van der Waals surface area contributed by atoms with Crippen LogP contribution in [0.5, 0.6) is 0 Å². The molecule has 0 saturated heterocycles. The molecule has 0 radical (unpaired) electrons. The summed E-state index contributed by atoms with van der Waals surface area (Å²) in [6.07, 6.45) is 8.33. The normalized spacial score (nSPS) is 11.1. The Bertz CT molecular complexity index is 441. The lowest BCUT2D eigenvalue weighted by molar-refractivity contribution is 0.617. The van der Waals surface area contributed by atoms with Gasteiger partial charge in [0.15, 0.2) is 0 Å². The number of nitrogens with one attached hydrogen (secondary N) is 3. The lowest BCUT2D eigenvalue weighted by atomic mass is 10.2. The van der Waals surface area contributed by atoms with E-state index in [-0.39, 0.29) is 0 Å². The van der Waals surface area contributed by atoms with Crippen LogP contribution in [0.2, 0.25) is 0 Å². The Kier molecular flexibility index (Phi) is 5.15. The number of hydrogen-bond acceptors (Lipinski definition) is 3. The molecule has 5 heteroatoms. The van der Waals surface area contributed by atoms with Crippen molar-refractivity contribution in [3.63, 3.8) is 0 Å². The van der Waals surface area contributed by atoms with E-state index in [1.54, 1.807) is 0 Å². The molecule has 0 bridgehead atoms. The number of aromatic amines is 2. The standard InChI is InChI=1S/C14H23N5/c1-11-16-9-13(18-11)5-3-7-15-8-4-6-14-10-17-12(2)19-14/h9-10,15H,3-8H2,1-2H3,(H,16,18)(H,17,19). The summed E-state index contributed by atoms with van der Waals surface area (Å²) in [5.41, 5.74) is 2.32. The molecule has 104 valence electrons. The van der Waals surface area contributed by atoms with Crippen molar-refractivity contribution in [2.75, 3.05) is 13.1 Å². The number of imidazole rings is 2. The Balaban J connectivity index is 1.48. The number of nitrogens with zero attached hydrogens (tertiary/aromatic N) is 2. The van der Waals surface area contributed by atoms with Gasteiger partial charge in [-0.25, -0.2) is 9.97 Å². The maximum absolute atomic E-state index is 4.39. The summed E-state index contributed by atoms with van der Waals surface area (Å²) in [5.74, 6) is 1.99. The highest BCUT2D eigenvalue weighted by atomic mass is 14.9. The Morgan fingerprint density at radius 3 is 1.74 bits per heavy atom. The quantitative estimate of drug-likeness (QED) is 0.636. The van der Waals surface area contributed by atoms with Crippen LogP contribution in [-0.4, -0.2) is 33.0 Å². The molecule has 2 aromatic heterocycles. The third kappa shape index (κ3) is 4.87. The van der Waals surface area contributed by atoms with E-state index in [2.05, 4.69) is 25.3 Å². The second-order valence-corrected chi connectivity index (χ2v) is 4.91. The monoisotopic (exact) mass is 261 g/mol. The van der Waals surface area contributed by atoms with Crippen molar-refractivity contribution in [3.05, 3.63) is 35.4 Å². The van der Waals surface area contributed by atoms with Gasteiger partial charge in [-0.05, 0) is 52.6 Å². The van der Waals surface area contributed by atoms with Crippen LogP contribution in [0, 0.1) is 13.8 Å². The van der Waals surface area contributed by atoms with E-state index in [0.29, 0.717) is 0 Å². The van der Waals surface area contributed by atoms with Gasteiger partial charge < -0.3 is 15.3 Å². The minimum atomic E-state index is 0.997. The van der Waals surface area contributed by atoms with Gasteiger partial charge >= 0.3 is 0 Å². The van der Waals surface area contributed by atoms with Crippen LogP contribution in [0.1, 0.15) is 35.9 Å². The molecule has 2 heterocycles. The molecule has 0 atom stereocenters. The third-order valence-corrected chi connectivity index (χ3v) is 3.09. The predicted octanol–water partition coefficient (Wildman–Crippen LogP) is 1.90. The summed E-state index contributed by atoms with van der Waals surface area (Å²) in [6.45, 7) is 6.06. The zero-order valence-electron chi connectivity index (χ0n) is 11.8. The SMILES string of the molecule is Cc1nc(CCCNCCCc2c[nH]c(C)n2)c[nH]1. The first kappa shape index (κ1) is 13.8. The molecule has 0 unspecified atom stereocenters. The first-order valence-corrected chi connectivity index (χ1v) is 6.96. The first-order chi connectivity index (χ1) is 9.24. The van der Waals surface area contributed by atoms with Crippen molar-refractivity contribution in [1.29, 1.82) is 0 Å². The number of hydrogen-bond donors (Lipinski definition) is 3. The van der Waals surface area contributed by atoms with E-state index in [1.807, 2.05) is 26.2 Å². The first-order valence-electron chi connectivity index (χ1n) is 6.96. The van der Waals surface area contributed by atoms with Gasteiger partial charge in [-0.3, -0.25) is 0 Å². The molecular weight excluding hydrogens is 238 g/mol. The summed E-state index contributed by atoms with van der Waals surface area (Å²) in [7, 11) is 0. The third-order valence-electron chi connectivity index (χ3n) is 3.09. The van der Waals surface area contributed by atoms with Gasteiger partial charge in [0.05, 0.1) is 11.4 Å². The number of aryl methyl sites for hydroxylation is 4. The number of rotatable bonds is 8. The maximum atomic E-state index is 4.39. The average Bonchev–Trinajstić information content (AvgIpc) is 2.97. The van der Waals surface area contributed by atoms with Gasteiger partial charge in [-0.1, -0.05) is 0 Å². The van der Waals surface area contributed by atoms with Crippen LogP contribution in [0.25, 0.3) is 0 Å². The Morgan fingerprint density at radius 2 is 1.37 bits per heavy atom. The number of H-pyrrole nitrogens is 2. The van der Waals surface area contributed by atoms with Gasteiger partial charge in [-0.15, -0.1) is 0 Å². The van der Waals surface area contributed by atoms with Gasteiger partial charge in [0.1, 0.15) is 11.6 Å². The summed E-state index contributed by atoms with van der Waals surface area (Å²) in [6, 6.07) is 0. The summed E-state index contributed by atoms with van der Waals surface area (Å²) in [4.78, 5) is 15.0. The van der Waals surface area contributed by atoms with E-state index in [4.69, 9.17) is 0 Å². The van der Waals surface area contributed by atoms with Crippen LogP contribution in [-0.2, 0) is 12.8 Å². The molecular formula is C14H23N5. The molecule has 0 fully saturated rings. The van der Waals surface area contributed by atoms with E-state index in [1.165, 1.54) is 0 Å². The zero-order chi connectivity index (χ0) is 13.5. The van der Waals surface area contributed by atoms with Crippen molar-refractivity contribution >= 4 is 0 Å². The lowest BCUT2D eigenvalue weighted by Crippen LogP contribution is -2.17. The highest BCUT2D eigenvalue weighted by Crippen LogP contribution is 2.00. The fraction of sp³-hybridized carbons (Fsp3) is 0.571. The zero-order valence-corrected chi connectivity index (χ0v) is 11.8. The van der Waals surface area contributed by atoms with Gasteiger partial charge in [0.25, 0.3) is 0 Å². The minimum Gasteiger partial charge on any atom is -0.349 e. The van der Waals surface area contributed by atoms with Crippen molar-refractivity contribution in [2.45, 2.75) is 39.5 Å². The molecule has 0 aliphatic carbocycles. The minimum absolute atomic E-state index is 0.997. The van der Waals surface area contributed by atoms with E-state index < -0.39 is 0 Å². The maximum Gasteiger partial charge on any atom is 0.103 e. The van der Waals surface area contributed by atoms with Crippen LogP contribution in [0.4, 0.5) is 0 Å². The molecule has 2 aromatic rings. The van der Waals surface area contributed by atoms with Crippen LogP contribution in [0.15, 0.2) is 12.4 Å². The smallest absolute Gasteiger partial charge is 0.103 e. The molecule has 0 amide bonds. The summed E-state index contributed by atoms with van der Waals surface area (Å²) in [5, 5.41) is 3.46. The average molecular weight is 261 g/mol. The fourth-order valence-corrected chi connectivity index (χ4v) is 2.11. The molecule has 19 heavy (non-hydrogen) atoms. The van der Waals surface area contributed by atoms with Crippen molar-refractivity contribution in [1.82, 2.24) is 25.3 Å². The number of aromatic nitrogens is 4. The molecule has 0 aliphatic heterocycles. The molecule has 0 aromatic carbocycles. The lowest BCUT2D eigenvalue weighted by Gasteiger charge is -2.02.